The molecule has 5 nitrogen and oxygen atoms in total. The van der Waals surface area contributed by atoms with Crippen LogP contribution in [0.1, 0.15) is 13.8 Å². The van der Waals surface area contributed by atoms with Crippen molar-refractivity contribution < 1.29 is 4.74 Å². The summed E-state index contributed by atoms with van der Waals surface area (Å²) in [6, 6.07) is 8.03. The van der Waals surface area contributed by atoms with E-state index in [4.69, 9.17) is 4.74 Å². The molecule has 1 atom stereocenters. The van der Waals surface area contributed by atoms with E-state index in [0.717, 1.165) is 33.4 Å². The fraction of sp³-hybridized carbons (Fsp3) is 0.294. The average Bonchev–Trinajstić information content (AvgIpc) is 3.00. The fourth-order valence-electron chi connectivity index (χ4n) is 2.28. The summed E-state index contributed by atoms with van der Waals surface area (Å²) in [5.74, 6) is 0.798. The maximum atomic E-state index is 5.91. The quantitative estimate of drug-likeness (QED) is 0.906. The Morgan fingerprint density at radius 1 is 1.30 bits per heavy atom. The molecule has 6 heteroatoms. The Labute approximate surface area is 140 Å². The second-order valence-electron chi connectivity index (χ2n) is 5.35. The van der Waals surface area contributed by atoms with Gasteiger partial charge in [-0.2, -0.15) is 0 Å². The maximum Gasteiger partial charge on any atom is 0.269 e. The smallest absolute Gasteiger partial charge is 0.269 e. The third kappa shape index (κ3) is 3.71. The number of benzene rings is 1. The molecule has 23 heavy (non-hydrogen) atoms. The standard InChI is InChI=1S/C17H20N4OS/c1-4-18-16-19-10-15(23-16)13-5-7-14(8-6-13)22-17-20-9-12(2)11-21(17)3/h5-11,17H,4H2,1-3H3,(H,18,19). The first kappa shape index (κ1) is 15.6. The molecule has 1 aliphatic rings. The summed E-state index contributed by atoms with van der Waals surface area (Å²) in [4.78, 5) is 11.8. The van der Waals surface area contributed by atoms with Gasteiger partial charge in [0.25, 0.3) is 6.35 Å². The third-order valence-electron chi connectivity index (χ3n) is 3.38. The lowest BCUT2D eigenvalue weighted by Crippen LogP contribution is -2.33. The summed E-state index contributed by atoms with van der Waals surface area (Å²) < 4.78 is 5.91. The van der Waals surface area contributed by atoms with E-state index in [1.165, 1.54) is 0 Å². The Morgan fingerprint density at radius 3 is 2.78 bits per heavy atom. The highest BCUT2D eigenvalue weighted by Crippen LogP contribution is 2.30. The molecule has 1 unspecified atom stereocenters. The van der Waals surface area contributed by atoms with Crippen molar-refractivity contribution >= 4 is 22.7 Å². The lowest BCUT2D eigenvalue weighted by molar-refractivity contribution is 0.0861. The van der Waals surface area contributed by atoms with Gasteiger partial charge in [-0.15, -0.1) is 0 Å². The molecular weight excluding hydrogens is 308 g/mol. The van der Waals surface area contributed by atoms with Gasteiger partial charge in [0.05, 0.1) is 4.88 Å². The zero-order valence-electron chi connectivity index (χ0n) is 13.5. The lowest BCUT2D eigenvalue weighted by atomic mass is 10.2. The van der Waals surface area contributed by atoms with Crippen LogP contribution >= 0.6 is 11.3 Å². The predicted molar refractivity (Wildman–Crippen MR) is 96.1 cm³/mol. The maximum absolute atomic E-state index is 5.91. The molecule has 0 fully saturated rings. The van der Waals surface area contributed by atoms with E-state index in [0.29, 0.717) is 0 Å². The number of thiazole rings is 1. The molecule has 1 aliphatic heterocycles. The van der Waals surface area contributed by atoms with E-state index >= 15 is 0 Å². The molecule has 1 aromatic heterocycles. The molecule has 0 spiro atoms. The van der Waals surface area contributed by atoms with Crippen LogP contribution in [0.25, 0.3) is 10.4 Å². The van der Waals surface area contributed by atoms with Crippen molar-refractivity contribution in [1.29, 1.82) is 0 Å². The summed E-state index contributed by atoms with van der Waals surface area (Å²) in [6.07, 6.45) is 5.43. The van der Waals surface area contributed by atoms with Crippen molar-refractivity contribution in [2.45, 2.75) is 20.2 Å². The van der Waals surface area contributed by atoms with Crippen molar-refractivity contribution in [3.63, 3.8) is 0 Å². The fourth-order valence-corrected chi connectivity index (χ4v) is 3.17. The van der Waals surface area contributed by atoms with Crippen LogP contribution in [0.15, 0.2) is 47.2 Å². The van der Waals surface area contributed by atoms with E-state index in [2.05, 4.69) is 22.2 Å². The Morgan fingerprint density at radius 2 is 2.09 bits per heavy atom. The molecule has 0 radical (unpaired) electrons. The molecule has 1 N–H and O–H groups in total. The van der Waals surface area contributed by atoms with Gasteiger partial charge in [0, 0.05) is 32.2 Å². The normalized spacial score (nSPS) is 17.1. The predicted octanol–water partition coefficient (Wildman–Crippen LogP) is 3.82. The Hall–Kier alpha value is -2.34. The number of nitrogens with one attached hydrogen (secondary N) is 1. The van der Waals surface area contributed by atoms with E-state index in [-0.39, 0.29) is 6.35 Å². The number of nitrogens with zero attached hydrogens (tertiary/aromatic N) is 3. The largest absolute Gasteiger partial charge is 0.450 e. The van der Waals surface area contributed by atoms with Crippen molar-refractivity contribution in [1.82, 2.24) is 9.88 Å². The highest BCUT2D eigenvalue weighted by molar-refractivity contribution is 7.18. The molecule has 0 amide bonds. The number of hydrogen-bond acceptors (Lipinski definition) is 6. The van der Waals surface area contributed by atoms with Crippen LogP contribution in [0.3, 0.4) is 0 Å². The number of aromatic nitrogens is 1. The number of ether oxygens (including phenoxy) is 1. The second kappa shape index (κ2) is 6.83. The van der Waals surface area contributed by atoms with Crippen molar-refractivity contribution in [2.75, 3.05) is 18.9 Å². The lowest BCUT2D eigenvalue weighted by Gasteiger charge is -2.26. The molecule has 0 bridgehead atoms. The second-order valence-corrected chi connectivity index (χ2v) is 6.38. The van der Waals surface area contributed by atoms with Crippen LogP contribution < -0.4 is 10.1 Å². The van der Waals surface area contributed by atoms with Gasteiger partial charge < -0.3 is 15.0 Å². The Bertz CT molecular complexity index is 720. The van der Waals surface area contributed by atoms with E-state index in [1.807, 2.05) is 61.7 Å². The van der Waals surface area contributed by atoms with Crippen LogP contribution in [0.2, 0.25) is 0 Å². The minimum absolute atomic E-state index is 0.312. The third-order valence-corrected chi connectivity index (χ3v) is 4.38. The minimum Gasteiger partial charge on any atom is -0.450 e. The SMILES string of the molecule is CCNc1ncc(-c2ccc(OC3N=CC(C)=CN3C)cc2)s1. The number of aliphatic imine (C=N–C) groups is 1. The molecule has 0 saturated heterocycles. The molecule has 2 heterocycles. The summed E-state index contributed by atoms with van der Waals surface area (Å²) in [5.41, 5.74) is 2.25. The topological polar surface area (TPSA) is 49.8 Å². The average molecular weight is 328 g/mol. The zero-order chi connectivity index (χ0) is 16.2. The number of allylic oxidation sites excluding steroid dienone is 1. The monoisotopic (exact) mass is 328 g/mol. The summed E-state index contributed by atoms with van der Waals surface area (Å²) >= 11 is 1.65. The molecule has 120 valence electrons. The summed E-state index contributed by atoms with van der Waals surface area (Å²) in [6.45, 7) is 4.96. The highest BCUT2D eigenvalue weighted by Gasteiger charge is 2.15. The van der Waals surface area contributed by atoms with E-state index in [9.17, 15) is 0 Å². The van der Waals surface area contributed by atoms with Crippen LogP contribution in [0.5, 0.6) is 5.75 Å². The van der Waals surface area contributed by atoms with Gasteiger partial charge in [-0.1, -0.05) is 11.3 Å². The van der Waals surface area contributed by atoms with E-state index < -0.39 is 0 Å². The number of rotatable bonds is 5. The van der Waals surface area contributed by atoms with E-state index in [1.54, 1.807) is 11.3 Å². The van der Waals surface area contributed by atoms with Crippen molar-refractivity contribution in [3.8, 4) is 16.2 Å². The van der Waals surface area contributed by atoms with Crippen LogP contribution in [-0.4, -0.2) is 36.0 Å². The van der Waals surface area contributed by atoms with Crippen molar-refractivity contribution in [3.05, 3.63) is 42.2 Å². The summed E-state index contributed by atoms with van der Waals surface area (Å²) in [7, 11) is 1.96. The highest BCUT2D eigenvalue weighted by atomic mass is 32.1. The first-order chi connectivity index (χ1) is 11.2. The molecular formula is C17H20N4OS. The van der Waals surface area contributed by atoms with Gasteiger partial charge in [-0.25, -0.2) is 9.98 Å². The molecule has 0 aliphatic carbocycles. The Balaban J connectivity index is 1.68. The van der Waals surface area contributed by atoms with Crippen LogP contribution in [0.4, 0.5) is 5.13 Å². The Kier molecular flexibility index (Phi) is 4.62. The van der Waals surface area contributed by atoms with Crippen LogP contribution in [0, 0.1) is 0 Å². The van der Waals surface area contributed by atoms with Gasteiger partial charge >= 0.3 is 0 Å². The zero-order valence-corrected chi connectivity index (χ0v) is 14.3. The minimum atomic E-state index is -0.312. The number of hydrogen-bond donors (Lipinski definition) is 1. The van der Waals surface area contributed by atoms with Gasteiger partial charge in [0.15, 0.2) is 5.13 Å². The first-order valence-corrected chi connectivity index (χ1v) is 8.37. The molecule has 2 aromatic rings. The van der Waals surface area contributed by atoms with Crippen molar-refractivity contribution in [2.24, 2.45) is 4.99 Å². The summed E-state index contributed by atoms with van der Waals surface area (Å²) in [5, 5.41) is 4.17. The van der Waals surface area contributed by atoms with Gasteiger partial charge in [0.2, 0.25) is 0 Å². The number of anilines is 1. The van der Waals surface area contributed by atoms with Crippen LogP contribution in [-0.2, 0) is 0 Å². The van der Waals surface area contributed by atoms with Gasteiger partial charge in [0.1, 0.15) is 5.75 Å². The molecule has 3 rings (SSSR count). The molecule has 0 saturated carbocycles. The first-order valence-electron chi connectivity index (χ1n) is 7.56. The molecule has 1 aromatic carbocycles. The van der Waals surface area contributed by atoms with Gasteiger partial charge in [-0.05, 0) is 49.2 Å². The van der Waals surface area contributed by atoms with Gasteiger partial charge in [-0.3, -0.25) is 0 Å².